The Morgan fingerprint density at radius 1 is 1.21 bits per heavy atom. The number of hydrogen-bond donors (Lipinski definition) is 1. The molecule has 29 heavy (non-hydrogen) atoms. The Morgan fingerprint density at radius 3 is 2.59 bits per heavy atom. The van der Waals surface area contributed by atoms with Gasteiger partial charge in [-0.1, -0.05) is 41.0 Å². The Morgan fingerprint density at radius 2 is 1.90 bits per heavy atom. The molecule has 0 radical (unpaired) electrons. The smallest absolute Gasteiger partial charge is 0.244 e. The summed E-state index contributed by atoms with van der Waals surface area (Å²) in [5.41, 5.74) is 1.47. The minimum atomic E-state index is -0.380. The summed E-state index contributed by atoms with van der Waals surface area (Å²) in [6.07, 6.45) is 1.51. The number of hydrogen-bond acceptors (Lipinski definition) is 6. The first-order valence-electron chi connectivity index (χ1n) is 8.59. The zero-order valence-corrected chi connectivity index (χ0v) is 19.1. The van der Waals surface area contributed by atoms with Crippen molar-refractivity contribution in [1.82, 2.24) is 14.9 Å². The van der Waals surface area contributed by atoms with E-state index in [-0.39, 0.29) is 24.1 Å². The number of benzene rings is 1. The molecule has 0 saturated carbocycles. The summed E-state index contributed by atoms with van der Waals surface area (Å²) in [5.74, 6) is -0.404. The molecule has 2 amide bonds. The average Bonchev–Trinajstić information content (AvgIpc) is 2.97. The number of aryl methyl sites for hydroxylation is 2. The van der Waals surface area contributed by atoms with Gasteiger partial charge < -0.3 is 10.2 Å². The Kier molecular flexibility index (Phi) is 7.00. The third-order valence-electron chi connectivity index (χ3n) is 4.30. The van der Waals surface area contributed by atoms with Crippen LogP contribution in [-0.2, 0) is 9.59 Å². The van der Waals surface area contributed by atoms with E-state index in [9.17, 15) is 9.59 Å². The maximum absolute atomic E-state index is 12.5. The fourth-order valence-electron chi connectivity index (χ4n) is 2.60. The molecule has 6 nitrogen and oxygen atoms in total. The van der Waals surface area contributed by atoms with Crippen molar-refractivity contribution in [3.8, 4) is 0 Å². The highest BCUT2D eigenvalue weighted by Crippen LogP contribution is 2.34. The second-order valence-electron chi connectivity index (χ2n) is 6.33. The van der Waals surface area contributed by atoms with Gasteiger partial charge in [0.15, 0.2) is 0 Å². The summed E-state index contributed by atoms with van der Waals surface area (Å²) in [5, 5.41) is 5.08. The van der Waals surface area contributed by atoms with Crippen molar-refractivity contribution in [2.45, 2.75) is 18.9 Å². The standard InChI is InChI=1S/C19H18Cl2N4O2S2/c1-10-11(2)29-19-16(10)18(22-9-23-19)28-8-15(27)25(3)7-14(26)24-17-12(20)5-4-6-13(17)21/h4-6,9H,7-8H2,1-3H3,(H,24,26). The zero-order valence-electron chi connectivity index (χ0n) is 16.0. The number of carbonyl (C=O) groups is 2. The lowest BCUT2D eigenvalue weighted by Crippen LogP contribution is -2.36. The summed E-state index contributed by atoms with van der Waals surface area (Å²) in [4.78, 5) is 36.9. The van der Waals surface area contributed by atoms with Crippen molar-refractivity contribution in [1.29, 1.82) is 0 Å². The van der Waals surface area contributed by atoms with Crippen LogP contribution in [0.3, 0.4) is 0 Å². The van der Waals surface area contributed by atoms with Crippen molar-refractivity contribution >= 4 is 74.0 Å². The number of aromatic nitrogens is 2. The topological polar surface area (TPSA) is 75.2 Å². The molecule has 3 aromatic rings. The maximum Gasteiger partial charge on any atom is 0.244 e. The third-order valence-corrected chi connectivity index (χ3v) is 7.02. The molecule has 1 aromatic carbocycles. The summed E-state index contributed by atoms with van der Waals surface area (Å²) in [6, 6.07) is 4.95. The predicted molar refractivity (Wildman–Crippen MR) is 120 cm³/mol. The van der Waals surface area contributed by atoms with E-state index in [0.29, 0.717) is 15.7 Å². The lowest BCUT2D eigenvalue weighted by molar-refractivity contribution is -0.131. The minimum Gasteiger partial charge on any atom is -0.336 e. The summed E-state index contributed by atoms with van der Waals surface area (Å²) in [6.45, 7) is 3.95. The van der Waals surface area contributed by atoms with Gasteiger partial charge in [0.2, 0.25) is 11.8 Å². The van der Waals surface area contributed by atoms with Gasteiger partial charge in [0.05, 0.1) is 28.0 Å². The van der Waals surface area contributed by atoms with Crippen LogP contribution in [0.1, 0.15) is 10.4 Å². The molecule has 0 atom stereocenters. The van der Waals surface area contributed by atoms with Crippen molar-refractivity contribution in [2.75, 3.05) is 24.7 Å². The molecule has 10 heteroatoms. The quantitative estimate of drug-likeness (QED) is 0.415. The van der Waals surface area contributed by atoms with Gasteiger partial charge >= 0.3 is 0 Å². The second-order valence-corrected chi connectivity index (χ2v) is 9.31. The van der Waals surface area contributed by atoms with Crippen molar-refractivity contribution in [3.05, 3.63) is 45.0 Å². The fraction of sp³-hybridized carbons (Fsp3) is 0.263. The number of para-hydroxylation sites is 1. The first-order valence-corrected chi connectivity index (χ1v) is 11.1. The van der Waals surface area contributed by atoms with E-state index in [4.69, 9.17) is 23.2 Å². The first-order chi connectivity index (χ1) is 13.8. The molecule has 2 aromatic heterocycles. The largest absolute Gasteiger partial charge is 0.336 e. The van der Waals surface area contributed by atoms with Gasteiger partial charge in [-0.15, -0.1) is 11.3 Å². The van der Waals surface area contributed by atoms with Gasteiger partial charge in [-0.05, 0) is 31.5 Å². The molecule has 3 rings (SSSR count). The number of amides is 2. The maximum atomic E-state index is 12.5. The molecule has 0 aliphatic carbocycles. The van der Waals surface area contributed by atoms with E-state index in [0.717, 1.165) is 20.8 Å². The number of fused-ring (bicyclic) bond motifs is 1. The summed E-state index contributed by atoms with van der Waals surface area (Å²) >= 11 is 15.1. The van der Waals surface area contributed by atoms with E-state index in [2.05, 4.69) is 15.3 Å². The molecule has 152 valence electrons. The van der Waals surface area contributed by atoms with Crippen LogP contribution in [0.5, 0.6) is 0 Å². The number of thioether (sulfide) groups is 1. The van der Waals surface area contributed by atoms with Crippen LogP contribution in [0.2, 0.25) is 10.0 Å². The molecule has 2 heterocycles. The van der Waals surface area contributed by atoms with Crippen LogP contribution in [0.15, 0.2) is 29.6 Å². The number of likely N-dealkylation sites (N-methyl/N-ethyl adjacent to an activating group) is 1. The van der Waals surface area contributed by atoms with Gasteiger partial charge in [-0.2, -0.15) is 0 Å². The molecule has 0 aliphatic heterocycles. The molecule has 1 N–H and O–H groups in total. The average molecular weight is 469 g/mol. The zero-order chi connectivity index (χ0) is 21.1. The van der Waals surface area contributed by atoms with E-state index in [1.807, 2.05) is 13.8 Å². The molecular weight excluding hydrogens is 451 g/mol. The van der Waals surface area contributed by atoms with Gasteiger partial charge in [-0.3, -0.25) is 9.59 Å². The van der Waals surface area contributed by atoms with Crippen molar-refractivity contribution in [3.63, 3.8) is 0 Å². The minimum absolute atomic E-state index is 0.114. The Balaban J connectivity index is 1.61. The monoisotopic (exact) mass is 468 g/mol. The molecule has 0 fully saturated rings. The van der Waals surface area contributed by atoms with Crippen LogP contribution >= 0.6 is 46.3 Å². The van der Waals surface area contributed by atoms with E-state index in [1.165, 1.54) is 27.9 Å². The van der Waals surface area contributed by atoms with Crippen LogP contribution in [0.4, 0.5) is 5.69 Å². The number of nitrogens with one attached hydrogen (secondary N) is 1. The van der Waals surface area contributed by atoms with E-state index in [1.54, 1.807) is 36.6 Å². The van der Waals surface area contributed by atoms with Crippen LogP contribution in [-0.4, -0.2) is 46.0 Å². The molecule has 0 bridgehead atoms. The van der Waals surface area contributed by atoms with Gasteiger partial charge in [0, 0.05) is 17.3 Å². The lowest BCUT2D eigenvalue weighted by atomic mass is 10.2. The number of rotatable bonds is 6. The predicted octanol–water partition coefficient (Wildman–Crippen LogP) is 4.80. The molecule has 0 aliphatic rings. The Bertz CT molecular complexity index is 1070. The number of anilines is 1. The normalized spacial score (nSPS) is 10.9. The molecule has 0 unspecified atom stereocenters. The van der Waals surface area contributed by atoms with Crippen LogP contribution < -0.4 is 5.32 Å². The highest BCUT2D eigenvalue weighted by atomic mass is 35.5. The van der Waals surface area contributed by atoms with Gasteiger partial charge in [0.1, 0.15) is 16.2 Å². The molecule has 0 saturated heterocycles. The van der Waals surface area contributed by atoms with Gasteiger partial charge in [0.25, 0.3) is 0 Å². The van der Waals surface area contributed by atoms with E-state index >= 15 is 0 Å². The number of nitrogens with zero attached hydrogens (tertiary/aromatic N) is 3. The highest BCUT2D eigenvalue weighted by Gasteiger charge is 2.18. The SMILES string of the molecule is Cc1sc2ncnc(SCC(=O)N(C)CC(=O)Nc3c(Cl)cccc3Cl)c2c1C. The highest BCUT2D eigenvalue weighted by molar-refractivity contribution is 8.00. The van der Waals surface area contributed by atoms with Crippen molar-refractivity contribution < 1.29 is 9.59 Å². The Labute approximate surface area is 186 Å². The fourth-order valence-corrected chi connectivity index (χ4v) is 5.15. The van der Waals surface area contributed by atoms with E-state index < -0.39 is 0 Å². The summed E-state index contributed by atoms with van der Waals surface area (Å²) in [7, 11) is 1.58. The van der Waals surface area contributed by atoms with Crippen molar-refractivity contribution in [2.24, 2.45) is 0 Å². The Hall–Kier alpha value is -1.87. The molecule has 0 spiro atoms. The molecular formula is C19H18Cl2N4O2S2. The number of carbonyl (C=O) groups excluding carboxylic acids is 2. The van der Waals surface area contributed by atoms with Crippen LogP contribution in [0.25, 0.3) is 10.2 Å². The lowest BCUT2D eigenvalue weighted by Gasteiger charge is -2.17. The first kappa shape index (κ1) is 21.8. The second kappa shape index (κ2) is 9.30. The van der Waals surface area contributed by atoms with Crippen LogP contribution in [0, 0.1) is 13.8 Å². The third kappa shape index (κ3) is 5.01. The summed E-state index contributed by atoms with van der Waals surface area (Å²) < 4.78 is 0. The number of thiophene rings is 1. The van der Waals surface area contributed by atoms with Gasteiger partial charge in [-0.25, -0.2) is 9.97 Å². The number of halogens is 2.